The first-order valence-electron chi connectivity index (χ1n) is 5.82. The average Bonchev–Trinajstić information content (AvgIpc) is 2.64. The maximum Gasteiger partial charge on any atom is 0.328 e. The van der Waals surface area contributed by atoms with Crippen LogP contribution in [0.5, 0.6) is 0 Å². The molecule has 0 aliphatic carbocycles. The van der Waals surface area contributed by atoms with Crippen LogP contribution in [0, 0.1) is 0 Å². The molecular formula is C13H12BrNO4. The number of rotatable bonds is 3. The van der Waals surface area contributed by atoms with Gasteiger partial charge in [0.05, 0.1) is 17.9 Å². The van der Waals surface area contributed by atoms with Gasteiger partial charge in [-0.15, -0.1) is 0 Å². The zero-order valence-corrected chi connectivity index (χ0v) is 12.1. The summed E-state index contributed by atoms with van der Waals surface area (Å²) in [6, 6.07) is 4.12. The Morgan fingerprint density at radius 1 is 1.42 bits per heavy atom. The molecular weight excluding hydrogens is 314 g/mol. The van der Waals surface area contributed by atoms with Crippen LogP contribution in [0.25, 0.3) is 0 Å². The number of nitrogens with zero attached hydrogens (tertiary/aromatic N) is 1. The minimum Gasteiger partial charge on any atom is -0.464 e. The van der Waals surface area contributed by atoms with E-state index in [1.807, 2.05) is 0 Å². The number of esters is 1. The third-order valence-electron chi connectivity index (χ3n) is 2.90. The van der Waals surface area contributed by atoms with Gasteiger partial charge < -0.3 is 4.74 Å². The number of hydrogen-bond donors (Lipinski definition) is 0. The molecule has 1 aromatic rings. The van der Waals surface area contributed by atoms with E-state index in [2.05, 4.69) is 15.9 Å². The molecule has 6 heteroatoms. The fraction of sp³-hybridized carbons (Fsp3) is 0.308. The molecule has 0 saturated heterocycles. The van der Waals surface area contributed by atoms with E-state index in [1.165, 1.54) is 11.8 Å². The van der Waals surface area contributed by atoms with Crippen molar-refractivity contribution in [2.45, 2.75) is 19.9 Å². The number of anilines is 1. The van der Waals surface area contributed by atoms with Crippen molar-refractivity contribution >= 4 is 39.3 Å². The molecule has 0 bridgehead atoms. The van der Waals surface area contributed by atoms with Crippen LogP contribution >= 0.6 is 15.9 Å². The van der Waals surface area contributed by atoms with E-state index in [1.54, 1.807) is 25.1 Å². The van der Waals surface area contributed by atoms with Crippen molar-refractivity contribution < 1.29 is 19.1 Å². The van der Waals surface area contributed by atoms with Crippen LogP contribution in [-0.4, -0.2) is 30.3 Å². The quantitative estimate of drug-likeness (QED) is 0.629. The third kappa shape index (κ3) is 2.16. The van der Waals surface area contributed by atoms with Crippen LogP contribution in [0.2, 0.25) is 0 Å². The summed E-state index contributed by atoms with van der Waals surface area (Å²) >= 11 is 3.30. The minimum absolute atomic E-state index is 0.224. The molecule has 1 unspecified atom stereocenters. The van der Waals surface area contributed by atoms with Gasteiger partial charge in [-0.05, 0) is 41.9 Å². The second-order valence-corrected chi connectivity index (χ2v) is 4.92. The lowest BCUT2D eigenvalue weighted by Gasteiger charge is -2.23. The predicted octanol–water partition coefficient (Wildman–Crippen LogP) is 1.93. The van der Waals surface area contributed by atoms with Gasteiger partial charge in [0.2, 0.25) is 0 Å². The van der Waals surface area contributed by atoms with Gasteiger partial charge in [-0.3, -0.25) is 14.5 Å². The van der Waals surface area contributed by atoms with Gasteiger partial charge in [0, 0.05) is 4.47 Å². The Labute approximate surface area is 118 Å². The number of amides is 1. The predicted molar refractivity (Wildman–Crippen MR) is 72.1 cm³/mol. The SMILES string of the molecule is CCOC(=O)C(C)N1C(=O)C(=O)c2cccc(Br)c21. The summed E-state index contributed by atoms with van der Waals surface area (Å²) in [6.45, 7) is 3.45. The van der Waals surface area contributed by atoms with Crippen molar-refractivity contribution in [2.75, 3.05) is 11.5 Å². The first-order valence-corrected chi connectivity index (χ1v) is 6.61. The second-order valence-electron chi connectivity index (χ2n) is 4.07. The second kappa shape index (κ2) is 5.13. The van der Waals surface area contributed by atoms with Crippen molar-refractivity contribution in [3.8, 4) is 0 Å². The molecule has 0 saturated carbocycles. The highest BCUT2D eigenvalue weighted by Gasteiger charge is 2.42. The van der Waals surface area contributed by atoms with E-state index >= 15 is 0 Å². The van der Waals surface area contributed by atoms with Crippen LogP contribution in [-0.2, 0) is 14.3 Å². The molecule has 1 aromatic carbocycles. The number of ether oxygens (including phenoxy) is 1. The molecule has 1 heterocycles. The monoisotopic (exact) mass is 325 g/mol. The van der Waals surface area contributed by atoms with Crippen LogP contribution < -0.4 is 4.90 Å². The van der Waals surface area contributed by atoms with Crippen molar-refractivity contribution in [3.63, 3.8) is 0 Å². The number of halogens is 1. The maximum absolute atomic E-state index is 12.0. The molecule has 1 amide bonds. The van der Waals surface area contributed by atoms with Gasteiger partial charge in [0.25, 0.3) is 11.7 Å². The third-order valence-corrected chi connectivity index (χ3v) is 3.54. The van der Waals surface area contributed by atoms with E-state index in [9.17, 15) is 14.4 Å². The fourth-order valence-corrected chi connectivity index (χ4v) is 2.56. The van der Waals surface area contributed by atoms with E-state index in [0.717, 1.165) is 0 Å². The van der Waals surface area contributed by atoms with Crippen molar-refractivity contribution in [1.29, 1.82) is 0 Å². The minimum atomic E-state index is -0.837. The van der Waals surface area contributed by atoms with Gasteiger partial charge in [0.15, 0.2) is 0 Å². The van der Waals surface area contributed by atoms with E-state index in [-0.39, 0.29) is 6.61 Å². The lowest BCUT2D eigenvalue weighted by Crippen LogP contribution is -2.43. The first kappa shape index (κ1) is 13.7. The fourth-order valence-electron chi connectivity index (χ4n) is 2.01. The van der Waals surface area contributed by atoms with Crippen LogP contribution in [0.3, 0.4) is 0 Å². The average molecular weight is 326 g/mol. The Bertz CT molecular complexity index is 570. The molecule has 5 nitrogen and oxygen atoms in total. The normalized spacial score (nSPS) is 15.4. The zero-order chi connectivity index (χ0) is 14.2. The summed E-state index contributed by atoms with van der Waals surface area (Å²) in [5, 5.41) is 0. The van der Waals surface area contributed by atoms with Gasteiger partial charge >= 0.3 is 5.97 Å². The highest BCUT2D eigenvalue weighted by atomic mass is 79.9. The molecule has 0 spiro atoms. The summed E-state index contributed by atoms with van der Waals surface area (Å²) in [7, 11) is 0. The Balaban J connectivity index is 2.46. The molecule has 19 heavy (non-hydrogen) atoms. The standard InChI is InChI=1S/C13H12BrNO4/c1-3-19-13(18)7(2)15-10-8(11(16)12(15)17)5-4-6-9(10)14/h4-7H,3H2,1-2H3. The molecule has 1 aliphatic rings. The largest absolute Gasteiger partial charge is 0.464 e. The maximum atomic E-state index is 12.0. The van der Waals surface area contributed by atoms with Crippen LogP contribution in [0.15, 0.2) is 22.7 Å². The molecule has 2 rings (SSSR count). The number of para-hydroxylation sites is 1. The number of carbonyl (C=O) groups excluding carboxylic acids is 3. The van der Waals surface area contributed by atoms with Crippen molar-refractivity contribution in [3.05, 3.63) is 28.2 Å². The summed E-state index contributed by atoms with van der Waals surface area (Å²) in [4.78, 5) is 36.8. The zero-order valence-electron chi connectivity index (χ0n) is 10.5. The summed E-state index contributed by atoms with van der Waals surface area (Å²) in [5.41, 5.74) is 0.730. The number of fused-ring (bicyclic) bond motifs is 1. The lowest BCUT2D eigenvalue weighted by molar-refractivity contribution is -0.145. The Hall–Kier alpha value is -1.69. The summed E-state index contributed by atoms with van der Waals surface area (Å²) in [6.07, 6.45) is 0. The lowest BCUT2D eigenvalue weighted by atomic mass is 10.1. The molecule has 0 N–H and O–H groups in total. The van der Waals surface area contributed by atoms with E-state index in [4.69, 9.17) is 4.74 Å². The Morgan fingerprint density at radius 3 is 2.74 bits per heavy atom. The van der Waals surface area contributed by atoms with E-state index < -0.39 is 23.7 Å². The number of carbonyl (C=O) groups is 3. The Morgan fingerprint density at radius 2 is 2.11 bits per heavy atom. The highest BCUT2D eigenvalue weighted by molar-refractivity contribution is 9.10. The Kier molecular flexibility index (Phi) is 3.71. The number of benzene rings is 1. The summed E-state index contributed by atoms with van der Waals surface area (Å²) < 4.78 is 5.49. The van der Waals surface area contributed by atoms with Gasteiger partial charge in [0.1, 0.15) is 6.04 Å². The van der Waals surface area contributed by atoms with Gasteiger partial charge in [-0.25, -0.2) is 4.79 Å². The first-order chi connectivity index (χ1) is 8.99. The van der Waals surface area contributed by atoms with Gasteiger partial charge in [-0.1, -0.05) is 6.07 Å². The number of hydrogen-bond acceptors (Lipinski definition) is 4. The van der Waals surface area contributed by atoms with E-state index in [0.29, 0.717) is 15.7 Å². The van der Waals surface area contributed by atoms with Crippen molar-refractivity contribution in [1.82, 2.24) is 0 Å². The molecule has 0 fully saturated rings. The topological polar surface area (TPSA) is 63.7 Å². The molecule has 0 aromatic heterocycles. The molecule has 1 atom stereocenters. The van der Waals surface area contributed by atoms with Crippen LogP contribution in [0.1, 0.15) is 24.2 Å². The molecule has 100 valence electrons. The number of Topliss-reactive ketones (excluding diaryl/α,β-unsaturated/α-hetero) is 1. The molecule has 1 aliphatic heterocycles. The highest BCUT2D eigenvalue weighted by Crippen LogP contribution is 2.37. The van der Waals surface area contributed by atoms with Crippen LogP contribution in [0.4, 0.5) is 5.69 Å². The van der Waals surface area contributed by atoms with Gasteiger partial charge in [-0.2, -0.15) is 0 Å². The number of ketones is 1. The summed E-state index contributed by atoms with van der Waals surface area (Å²) in [5.74, 6) is -1.85. The smallest absolute Gasteiger partial charge is 0.328 e. The van der Waals surface area contributed by atoms with Crippen molar-refractivity contribution in [2.24, 2.45) is 0 Å². The molecule has 0 radical (unpaired) electrons.